The second kappa shape index (κ2) is 5.20. The molecule has 3 rings (SSSR count). The van der Waals surface area contributed by atoms with Crippen LogP contribution < -0.4 is 5.32 Å². The molecule has 0 bridgehead atoms. The van der Waals surface area contributed by atoms with E-state index in [1.165, 1.54) is 0 Å². The molecule has 1 atom stereocenters. The summed E-state index contributed by atoms with van der Waals surface area (Å²) in [5, 5.41) is 7.78. The van der Waals surface area contributed by atoms with Crippen LogP contribution in [0.25, 0.3) is 0 Å². The number of likely N-dealkylation sites (tertiary alicyclic amines) is 1. The van der Waals surface area contributed by atoms with E-state index >= 15 is 0 Å². The first-order valence-electron chi connectivity index (χ1n) is 7.50. The summed E-state index contributed by atoms with van der Waals surface area (Å²) in [6.07, 6.45) is 1.36. The van der Waals surface area contributed by atoms with Gasteiger partial charge in [-0.3, -0.25) is 4.68 Å². The predicted octanol–water partition coefficient (Wildman–Crippen LogP) is 0.465. The number of aryl methyl sites for hydroxylation is 1. The van der Waals surface area contributed by atoms with E-state index in [2.05, 4.69) is 15.4 Å². The summed E-state index contributed by atoms with van der Waals surface area (Å²) in [7, 11) is 1.83. The molecule has 3 heterocycles. The van der Waals surface area contributed by atoms with E-state index < -0.39 is 11.2 Å². The molecule has 1 amide bonds. The number of morpholine rings is 1. The standard InChI is InChI=1S/C14H23N5O3/c1-13(2,3)22-12(20)19-7-14(8-19)10(15-5-6-21-14)11-16-9-18(4)17-11/h9-10,15H,5-8H2,1-4H3. The first-order chi connectivity index (χ1) is 10.3. The number of carbonyl (C=O) groups excluding carboxylic acids is 1. The normalized spacial score (nSPS) is 24.2. The number of amides is 1. The molecule has 2 fully saturated rings. The Balaban J connectivity index is 1.69. The molecule has 0 radical (unpaired) electrons. The smallest absolute Gasteiger partial charge is 0.410 e. The van der Waals surface area contributed by atoms with Gasteiger partial charge in [-0.05, 0) is 20.8 Å². The molecule has 122 valence electrons. The van der Waals surface area contributed by atoms with Crippen LogP contribution in [0.4, 0.5) is 4.79 Å². The highest BCUT2D eigenvalue weighted by molar-refractivity contribution is 5.69. The van der Waals surface area contributed by atoms with Crippen molar-refractivity contribution < 1.29 is 14.3 Å². The number of aromatic nitrogens is 3. The van der Waals surface area contributed by atoms with Crippen LogP contribution in [0.15, 0.2) is 6.33 Å². The highest BCUT2D eigenvalue weighted by Crippen LogP contribution is 2.38. The maximum atomic E-state index is 12.1. The fraction of sp³-hybridized carbons (Fsp3) is 0.786. The summed E-state index contributed by atoms with van der Waals surface area (Å²) in [5.41, 5.74) is -0.954. The van der Waals surface area contributed by atoms with Crippen LogP contribution in [-0.2, 0) is 16.5 Å². The minimum Gasteiger partial charge on any atom is -0.444 e. The van der Waals surface area contributed by atoms with Crippen molar-refractivity contribution in [3.63, 3.8) is 0 Å². The number of hydrogen-bond acceptors (Lipinski definition) is 6. The molecule has 2 saturated heterocycles. The van der Waals surface area contributed by atoms with Crippen LogP contribution in [0, 0.1) is 0 Å². The Labute approximate surface area is 129 Å². The molecule has 0 aliphatic carbocycles. The van der Waals surface area contributed by atoms with Crippen molar-refractivity contribution in [3.05, 3.63) is 12.2 Å². The van der Waals surface area contributed by atoms with Gasteiger partial charge in [-0.1, -0.05) is 0 Å². The summed E-state index contributed by atoms with van der Waals surface area (Å²) in [6.45, 7) is 7.91. The number of nitrogens with zero attached hydrogens (tertiary/aromatic N) is 4. The van der Waals surface area contributed by atoms with Crippen molar-refractivity contribution in [3.8, 4) is 0 Å². The largest absolute Gasteiger partial charge is 0.444 e. The van der Waals surface area contributed by atoms with Gasteiger partial charge in [-0.2, -0.15) is 5.10 Å². The molecule has 1 aromatic heterocycles. The number of nitrogens with one attached hydrogen (secondary N) is 1. The Morgan fingerprint density at radius 1 is 1.50 bits per heavy atom. The minimum atomic E-state index is -0.493. The lowest BCUT2D eigenvalue weighted by atomic mass is 9.84. The average Bonchev–Trinajstić information content (AvgIpc) is 2.80. The first kappa shape index (κ1) is 15.2. The second-order valence-corrected chi connectivity index (χ2v) is 6.91. The van der Waals surface area contributed by atoms with Crippen molar-refractivity contribution in [2.75, 3.05) is 26.2 Å². The molecule has 1 aromatic rings. The molecular formula is C14H23N5O3. The zero-order chi connectivity index (χ0) is 16.0. The number of rotatable bonds is 1. The molecule has 0 saturated carbocycles. The van der Waals surface area contributed by atoms with E-state index in [1.54, 1.807) is 15.9 Å². The molecule has 8 nitrogen and oxygen atoms in total. The topological polar surface area (TPSA) is 81.5 Å². The van der Waals surface area contributed by atoms with Crippen LogP contribution in [0.3, 0.4) is 0 Å². The molecular weight excluding hydrogens is 286 g/mol. The number of carbonyl (C=O) groups is 1. The summed E-state index contributed by atoms with van der Waals surface area (Å²) in [4.78, 5) is 18.1. The van der Waals surface area contributed by atoms with E-state index in [1.807, 2.05) is 27.8 Å². The second-order valence-electron chi connectivity index (χ2n) is 6.91. The van der Waals surface area contributed by atoms with Gasteiger partial charge >= 0.3 is 6.09 Å². The zero-order valence-corrected chi connectivity index (χ0v) is 13.5. The third kappa shape index (κ3) is 2.80. The van der Waals surface area contributed by atoms with Gasteiger partial charge in [-0.25, -0.2) is 9.78 Å². The van der Waals surface area contributed by atoms with Crippen LogP contribution in [0.5, 0.6) is 0 Å². The molecule has 22 heavy (non-hydrogen) atoms. The fourth-order valence-corrected chi connectivity index (χ4v) is 2.87. The third-order valence-electron chi connectivity index (χ3n) is 3.81. The highest BCUT2D eigenvalue weighted by Gasteiger charge is 2.55. The van der Waals surface area contributed by atoms with Crippen LogP contribution in [-0.4, -0.2) is 63.2 Å². The Morgan fingerprint density at radius 3 is 2.82 bits per heavy atom. The molecule has 2 aliphatic heterocycles. The van der Waals surface area contributed by atoms with Gasteiger partial charge in [0.15, 0.2) is 5.82 Å². The van der Waals surface area contributed by atoms with E-state index in [9.17, 15) is 4.79 Å². The summed E-state index contributed by atoms with van der Waals surface area (Å²) < 4.78 is 13.1. The SMILES string of the molecule is Cn1cnc(C2NCCOC23CN(C(=O)OC(C)(C)C)C3)n1. The maximum absolute atomic E-state index is 12.1. The molecule has 8 heteroatoms. The van der Waals surface area contributed by atoms with Crippen LogP contribution >= 0.6 is 0 Å². The van der Waals surface area contributed by atoms with Gasteiger partial charge in [0.2, 0.25) is 0 Å². The number of hydrogen-bond donors (Lipinski definition) is 1. The quantitative estimate of drug-likeness (QED) is 0.812. The lowest BCUT2D eigenvalue weighted by Crippen LogP contribution is -2.72. The molecule has 0 aromatic carbocycles. The monoisotopic (exact) mass is 309 g/mol. The van der Waals surface area contributed by atoms with Crippen molar-refractivity contribution in [2.24, 2.45) is 7.05 Å². The Hall–Kier alpha value is -1.67. The first-order valence-corrected chi connectivity index (χ1v) is 7.50. The Bertz CT molecular complexity index is 559. The summed E-state index contributed by atoms with van der Waals surface area (Å²) in [5.74, 6) is 0.700. The fourth-order valence-electron chi connectivity index (χ4n) is 2.87. The van der Waals surface area contributed by atoms with E-state index in [4.69, 9.17) is 9.47 Å². The van der Waals surface area contributed by atoms with Gasteiger partial charge in [0.1, 0.15) is 23.6 Å². The lowest BCUT2D eigenvalue weighted by molar-refractivity contribution is -0.177. The summed E-state index contributed by atoms with van der Waals surface area (Å²) in [6, 6.07) is -0.110. The van der Waals surface area contributed by atoms with Crippen molar-refractivity contribution in [1.82, 2.24) is 25.0 Å². The number of ether oxygens (including phenoxy) is 2. The third-order valence-corrected chi connectivity index (χ3v) is 3.81. The highest BCUT2D eigenvalue weighted by atomic mass is 16.6. The molecule has 1 N–H and O–H groups in total. The van der Waals surface area contributed by atoms with Crippen molar-refractivity contribution in [2.45, 2.75) is 38.0 Å². The van der Waals surface area contributed by atoms with Crippen molar-refractivity contribution >= 4 is 6.09 Å². The van der Waals surface area contributed by atoms with E-state index in [0.29, 0.717) is 25.5 Å². The van der Waals surface area contributed by atoms with E-state index in [-0.39, 0.29) is 12.1 Å². The van der Waals surface area contributed by atoms with Gasteiger partial charge < -0.3 is 19.7 Å². The Morgan fingerprint density at radius 2 is 2.23 bits per heavy atom. The van der Waals surface area contributed by atoms with Gasteiger partial charge in [0, 0.05) is 13.6 Å². The van der Waals surface area contributed by atoms with Crippen LogP contribution in [0.2, 0.25) is 0 Å². The average molecular weight is 309 g/mol. The van der Waals surface area contributed by atoms with Gasteiger partial charge in [-0.15, -0.1) is 0 Å². The van der Waals surface area contributed by atoms with Crippen molar-refractivity contribution in [1.29, 1.82) is 0 Å². The zero-order valence-electron chi connectivity index (χ0n) is 13.5. The maximum Gasteiger partial charge on any atom is 0.410 e. The summed E-state index contributed by atoms with van der Waals surface area (Å²) >= 11 is 0. The van der Waals surface area contributed by atoms with Gasteiger partial charge in [0.05, 0.1) is 19.7 Å². The lowest BCUT2D eigenvalue weighted by Gasteiger charge is -2.54. The van der Waals surface area contributed by atoms with E-state index in [0.717, 1.165) is 6.54 Å². The predicted molar refractivity (Wildman–Crippen MR) is 78.2 cm³/mol. The van der Waals surface area contributed by atoms with Gasteiger partial charge in [0.25, 0.3) is 0 Å². The Kier molecular flexibility index (Phi) is 3.60. The van der Waals surface area contributed by atoms with Crippen LogP contribution in [0.1, 0.15) is 32.6 Å². The molecule has 1 unspecified atom stereocenters. The molecule has 1 spiro atoms. The molecule has 2 aliphatic rings. The minimum absolute atomic E-state index is 0.110.